The minimum absolute atomic E-state index is 0.357. The highest BCUT2D eigenvalue weighted by Gasteiger charge is 2.23. The van der Waals surface area contributed by atoms with Crippen molar-refractivity contribution in [1.82, 2.24) is 10.3 Å². The first kappa shape index (κ1) is 14.0. The zero-order valence-corrected chi connectivity index (χ0v) is 12.4. The van der Waals surface area contributed by atoms with Gasteiger partial charge in [-0.2, -0.15) is 0 Å². The lowest BCUT2D eigenvalue weighted by Crippen LogP contribution is -2.38. The lowest BCUT2D eigenvalue weighted by Gasteiger charge is -2.30. The molecule has 3 atom stereocenters. The molecule has 1 aromatic rings. The van der Waals surface area contributed by atoms with Crippen LogP contribution in [0.4, 0.5) is 0 Å². The molecule has 3 unspecified atom stereocenters. The fraction of sp³-hybridized carbons (Fsp3) is 0.786. The van der Waals surface area contributed by atoms with Crippen LogP contribution in [0, 0.1) is 0 Å². The number of aromatic nitrogens is 1. The third-order valence-corrected chi connectivity index (χ3v) is 5.06. The monoisotopic (exact) mass is 268 g/mol. The van der Waals surface area contributed by atoms with Gasteiger partial charge in [-0.3, -0.25) is 0 Å². The molecule has 1 heterocycles. The van der Waals surface area contributed by atoms with Crippen molar-refractivity contribution in [2.75, 3.05) is 7.11 Å². The number of nitrogens with zero attached hydrogens (tertiary/aromatic N) is 1. The zero-order valence-electron chi connectivity index (χ0n) is 11.6. The smallest absolute Gasteiger partial charge is 0.109 e. The minimum Gasteiger partial charge on any atom is -0.381 e. The van der Waals surface area contributed by atoms with Crippen molar-refractivity contribution in [3.8, 4) is 0 Å². The van der Waals surface area contributed by atoms with Crippen molar-refractivity contribution in [2.24, 2.45) is 0 Å². The van der Waals surface area contributed by atoms with Crippen LogP contribution in [-0.2, 0) is 11.2 Å². The molecule has 102 valence electrons. The first-order valence-electron chi connectivity index (χ1n) is 6.96. The molecule has 0 spiro atoms. The number of hydrogen-bond donors (Lipinski definition) is 1. The maximum atomic E-state index is 5.48. The highest BCUT2D eigenvalue weighted by atomic mass is 32.1. The Morgan fingerprint density at radius 3 is 3.06 bits per heavy atom. The summed E-state index contributed by atoms with van der Waals surface area (Å²) in [5.41, 5.74) is 0. The molecule has 18 heavy (non-hydrogen) atoms. The first-order chi connectivity index (χ1) is 8.72. The molecule has 1 fully saturated rings. The summed E-state index contributed by atoms with van der Waals surface area (Å²) in [6.07, 6.45) is 8.40. The fourth-order valence-corrected chi connectivity index (χ4v) is 3.49. The summed E-state index contributed by atoms with van der Waals surface area (Å²) in [6, 6.07) is 0.934. The highest BCUT2D eigenvalue weighted by Crippen LogP contribution is 2.25. The molecule has 1 saturated carbocycles. The van der Waals surface area contributed by atoms with Crippen LogP contribution in [0.15, 0.2) is 6.20 Å². The fourth-order valence-electron chi connectivity index (χ4n) is 2.62. The summed E-state index contributed by atoms with van der Waals surface area (Å²) in [4.78, 5) is 5.89. The molecule has 1 aliphatic carbocycles. The van der Waals surface area contributed by atoms with Gasteiger partial charge in [-0.05, 0) is 39.0 Å². The Labute approximate surface area is 114 Å². The average Bonchev–Trinajstić information content (AvgIpc) is 2.88. The Balaban J connectivity index is 1.88. The van der Waals surface area contributed by atoms with Gasteiger partial charge in [-0.15, -0.1) is 11.3 Å². The van der Waals surface area contributed by atoms with Gasteiger partial charge < -0.3 is 10.1 Å². The van der Waals surface area contributed by atoms with Crippen molar-refractivity contribution < 1.29 is 4.74 Å². The molecule has 1 aliphatic rings. The number of thiazole rings is 1. The molecular formula is C14H24N2OS. The normalized spacial score (nSPS) is 26.2. The standard InChI is InChI=1S/C14H24N2OS/c1-4-13-9-15-14(18-13)10(2)16-11-6-5-7-12(8-11)17-3/h9-12,16H,4-8H2,1-3H3. The van der Waals surface area contributed by atoms with Crippen LogP contribution in [0.1, 0.15) is 55.5 Å². The lowest BCUT2D eigenvalue weighted by molar-refractivity contribution is 0.0572. The van der Waals surface area contributed by atoms with Crippen LogP contribution >= 0.6 is 11.3 Å². The van der Waals surface area contributed by atoms with E-state index in [0.29, 0.717) is 18.2 Å². The number of aryl methyl sites for hydroxylation is 1. The second kappa shape index (κ2) is 6.64. The maximum Gasteiger partial charge on any atom is 0.109 e. The molecule has 0 radical (unpaired) electrons. The topological polar surface area (TPSA) is 34.2 Å². The van der Waals surface area contributed by atoms with Gasteiger partial charge in [-0.1, -0.05) is 6.92 Å². The van der Waals surface area contributed by atoms with Crippen LogP contribution in [0.5, 0.6) is 0 Å². The average molecular weight is 268 g/mol. The third-order valence-electron chi connectivity index (χ3n) is 3.74. The van der Waals surface area contributed by atoms with Crippen LogP contribution in [-0.4, -0.2) is 24.2 Å². The summed E-state index contributed by atoms with van der Waals surface area (Å²) in [5, 5.41) is 4.92. The summed E-state index contributed by atoms with van der Waals surface area (Å²) in [6.45, 7) is 4.40. The highest BCUT2D eigenvalue weighted by molar-refractivity contribution is 7.11. The largest absolute Gasteiger partial charge is 0.381 e. The molecule has 1 N–H and O–H groups in total. The number of methoxy groups -OCH3 is 1. The van der Waals surface area contributed by atoms with Gasteiger partial charge in [0, 0.05) is 24.2 Å². The summed E-state index contributed by atoms with van der Waals surface area (Å²) < 4.78 is 5.48. The van der Waals surface area contributed by atoms with E-state index in [0.717, 1.165) is 12.8 Å². The third kappa shape index (κ3) is 3.53. The molecule has 0 bridgehead atoms. The molecule has 2 rings (SSSR count). The van der Waals surface area contributed by atoms with Crippen molar-refractivity contribution >= 4 is 11.3 Å². The number of nitrogens with one attached hydrogen (secondary N) is 1. The number of rotatable bonds is 5. The molecule has 0 aromatic carbocycles. The molecule has 0 aliphatic heterocycles. The Morgan fingerprint density at radius 1 is 1.56 bits per heavy atom. The van der Waals surface area contributed by atoms with E-state index in [4.69, 9.17) is 4.74 Å². The van der Waals surface area contributed by atoms with Gasteiger partial charge in [-0.25, -0.2) is 4.98 Å². The van der Waals surface area contributed by atoms with E-state index < -0.39 is 0 Å². The molecular weight excluding hydrogens is 244 g/mol. The van der Waals surface area contributed by atoms with E-state index in [9.17, 15) is 0 Å². The van der Waals surface area contributed by atoms with Crippen molar-refractivity contribution in [2.45, 2.75) is 64.1 Å². The minimum atomic E-state index is 0.357. The predicted molar refractivity (Wildman–Crippen MR) is 76.1 cm³/mol. The molecule has 0 saturated heterocycles. The van der Waals surface area contributed by atoms with Gasteiger partial charge >= 0.3 is 0 Å². The predicted octanol–water partition coefficient (Wildman–Crippen LogP) is 3.31. The van der Waals surface area contributed by atoms with E-state index in [2.05, 4.69) is 24.1 Å². The van der Waals surface area contributed by atoms with E-state index in [1.807, 2.05) is 24.6 Å². The Kier molecular flexibility index (Phi) is 5.15. The van der Waals surface area contributed by atoms with Crippen molar-refractivity contribution in [3.05, 3.63) is 16.1 Å². The molecule has 3 nitrogen and oxygen atoms in total. The van der Waals surface area contributed by atoms with Crippen LogP contribution in [0.2, 0.25) is 0 Å². The SMILES string of the molecule is CCc1cnc(C(C)NC2CCCC(OC)C2)s1. The van der Waals surface area contributed by atoms with Crippen molar-refractivity contribution in [1.29, 1.82) is 0 Å². The van der Waals surface area contributed by atoms with Gasteiger partial charge in [0.25, 0.3) is 0 Å². The second-order valence-electron chi connectivity index (χ2n) is 5.13. The van der Waals surface area contributed by atoms with E-state index in [1.165, 1.54) is 29.1 Å². The van der Waals surface area contributed by atoms with Gasteiger partial charge in [0.15, 0.2) is 0 Å². The summed E-state index contributed by atoms with van der Waals surface area (Å²) in [5.74, 6) is 0. The van der Waals surface area contributed by atoms with Crippen LogP contribution in [0.3, 0.4) is 0 Å². The molecule has 4 heteroatoms. The molecule has 1 aromatic heterocycles. The first-order valence-corrected chi connectivity index (χ1v) is 7.78. The van der Waals surface area contributed by atoms with E-state index in [1.54, 1.807) is 0 Å². The van der Waals surface area contributed by atoms with Gasteiger partial charge in [0.05, 0.1) is 12.1 Å². The van der Waals surface area contributed by atoms with Crippen LogP contribution < -0.4 is 5.32 Å². The zero-order chi connectivity index (χ0) is 13.0. The second-order valence-corrected chi connectivity index (χ2v) is 6.27. The lowest BCUT2D eigenvalue weighted by atomic mass is 9.92. The van der Waals surface area contributed by atoms with E-state index >= 15 is 0 Å². The maximum absolute atomic E-state index is 5.48. The summed E-state index contributed by atoms with van der Waals surface area (Å²) >= 11 is 1.83. The number of hydrogen-bond acceptors (Lipinski definition) is 4. The van der Waals surface area contributed by atoms with Crippen LogP contribution in [0.25, 0.3) is 0 Å². The van der Waals surface area contributed by atoms with Gasteiger partial charge in [0.1, 0.15) is 5.01 Å². The Morgan fingerprint density at radius 2 is 2.39 bits per heavy atom. The quantitative estimate of drug-likeness (QED) is 0.889. The summed E-state index contributed by atoms with van der Waals surface area (Å²) in [7, 11) is 1.82. The Hall–Kier alpha value is -0.450. The van der Waals surface area contributed by atoms with Crippen molar-refractivity contribution in [3.63, 3.8) is 0 Å². The molecule has 0 amide bonds. The van der Waals surface area contributed by atoms with E-state index in [-0.39, 0.29) is 0 Å². The Bertz CT molecular complexity index is 366. The number of ether oxygens (including phenoxy) is 1. The van der Waals surface area contributed by atoms with Gasteiger partial charge in [0.2, 0.25) is 0 Å².